The standard InChI is InChI=1S/C12H14N6O2/c13-11-6-20-5-10(11)12(19)15-8-1-3-9(4-2-8)18-7-14-16-17-18/h1-4,7,10-11H,5-6,13H2,(H,15,19). The van der Waals surface area contributed by atoms with Crippen molar-refractivity contribution in [2.24, 2.45) is 11.7 Å². The SMILES string of the molecule is NC1COCC1C(=O)Nc1ccc(-n2cnnn2)cc1. The summed E-state index contributed by atoms with van der Waals surface area (Å²) < 4.78 is 6.72. The van der Waals surface area contributed by atoms with Gasteiger partial charge in [0, 0.05) is 11.7 Å². The van der Waals surface area contributed by atoms with Crippen LogP contribution in [0.2, 0.25) is 0 Å². The quantitative estimate of drug-likeness (QED) is 0.786. The van der Waals surface area contributed by atoms with Gasteiger partial charge in [-0.05, 0) is 34.7 Å². The molecule has 0 aliphatic carbocycles. The van der Waals surface area contributed by atoms with Gasteiger partial charge in [0.05, 0.1) is 24.8 Å². The van der Waals surface area contributed by atoms with Crippen molar-refractivity contribution in [1.29, 1.82) is 0 Å². The van der Waals surface area contributed by atoms with Crippen LogP contribution in [-0.4, -0.2) is 45.4 Å². The van der Waals surface area contributed by atoms with Gasteiger partial charge in [-0.1, -0.05) is 0 Å². The third-order valence-electron chi connectivity index (χ3n) is 3.21. The van der Waals surface area contributed by atoms with Crippen LogP contribution < -0.4 is 11.1 Å². The minimum Gasteiger partial charge on any atom is -0.379 e. The van der Waals surface area contributed by atoms with E-state index in [4.69, 9.17) is 10.5 Å². The molecule has 0 bridgehead atoms. The molecule has 1 aliphatic rings. The lowest BCUT2D eigenvalue weighted by Gasteiger charge is -2.13. The summed E-state index contributed by atoms with van der Waals surface area (Å²) in [5.74, 6) is -0.417. The molecule has 0 spiro atoms. The predicted octanol–water partition coefficient (Wildman–Crippen LogP) is -0.426. The lowest BCUT2D eigenvalue weighted by molar-refractivity contribution is -0.120. The molecule has 2 heterocycles. The Kier molecular flexibility index (Phi) is 3.40. The molecule has 3 rings (SSSR count). The molecule has 1 fully saturated rings. The number of rotatable bonds is 3. The topological polar surface area (TPSA) is 108 Å². The van der Waals surface area contributed by atoms with Gasteiger partial charge in [0.25, 0.3) is 0 Å². The van der Waals surface area contributed by atoms with E-state index in [1.54, 1.807) is 12.1 Å². The highest BCUT2D eigenvalue weighted by molar-refractivity contribution is 5.93. The van der Waals surface area contributed by atoms with Gasteiger partial charge in [0.1, 0.15) is 6.33 Å². The van der Waals surface area contributed by atoms with Crippen LogP contribution in [0.1, 0.15) is 0 Å². The Bertz CT molecular complexity index is 583. The molecule has 1 aromatic carbocycles. The molecule has 1 amide bonds. The number of benzene rings is 1. The van der Waals surface area contributed by atoms with Crippen molar-refractivity contribution in [3.63, 3.8) is 0 Å². The van der Waals surface area contributed by atoms with E-state index in [0.29, 0.717) is 18.9 Å². The normalized spacial score (nSPS) is 21.9. The second-order valence-electron chi connectivity index (χ2n) is 4.60. The third kappa shape index (κ3) is 2.51. The number of hydrogen-bond acceptors (Lipinski definition) is 6. The number of hydrogen-bond donors (Lipinski definition) is 2. The number of nitrogens with zero attached hydrogens (tertiary/aromatic N) is 4. The fourth-order valence-electron chi connectivity index (χ4n) is 2.05. The van der Waals surface area contributed by atoms with Crippen molar-refractivity contribution < 1.29 is 9.53 Å². The number of carbonyl (C=O) groups is 1. The Morgan fingerprint density at radius 1 is 1.35 bits per heavy atom. The van der Waals surface area contributed by atoms with E-state index in [9.17, 15) is 4.79 Å². The van der Waals surface area contributed by atoms with Crippen molar-refractivity contribution in [3.8, 4) is 5.69 Å². The number of carbonyl (C=O) groups excluding carboxylic acids is 1. The minimum absolute atomic E-state index is 0.120. The maximum absolute atomic E-state index is 12.0. The van der Waals surface area contributed by atoms with Crippen molar-refractivity contribution in [2.45, 2.75) is 6.04 Å². The highest BCUT2D eigenvalue weighted by atomic mass is 16.5. The summed E-state index contributed by atoms with van der Waals surface area (Å²) in [5.41, 5.74) is 7.32. The second-order valence-corrected chi connectivity index (χ2v) is 4.60. The second kappa shape index (κ2) is 5.35. The summed E-state index contributed by atoms with van der Waals surface area (Å²) in [5, 5.41) is 13.7. The first kappa shape index (κ1) is 12.7. The van der Waals surface area contributed by atoms with Gasteiger partial charge in [-0.3, -0.25) is 4.79 Å². The van der Waals surface area contributed by atoms with Gasteiger partial charge in [-0.25, -0.2) is 4.68 Å². The van der Waals surface area contributed by atoms with E-state index in [2.05, 4.69) is 20.8 Å². The summed E-state index contributed by atoms with van der Waals surface area (Å²) in [6.45, 7) is 0.798. The van der Waals surface area contributed by atoms with Crippen molar-refractivity contribution in [1.82, 2.24) is 20.2 Å². The van der Waals surface area contributed by atoms with Gasteiger partial charge >= 0.3 is 0 Å². The number of ether oxygens (including phenoxy) is 1. The van der Waals surface area contributed by atoms with Gasteiger partial charge in [0.2, 0.25) is 5.91 Å². The molecule has 2 atom stereocenters. The van der Waals surface area contributed by atoms with Crippen molar-refractivity contribution in [2.75, 3.05) is 18.5 Å². The van der Waals surface area contributed by atoms with Crippen molar-refractivity contribution >= 4 is 11.6 Å². The molecule has 8 nitrogen and oxygen atoms in total. The molecular weight excluding hydrogens is 260 g/mol. The van der Waals surface area contributed by atoms with Crippen LogP contribution in [0.5, 0.6) is 0 Å². The zero-order chi connectivity index (χ0) is 13.9. The number of amides is 1. The molecule has 1 aliphatic heterocycles. The lowest BCUT2D eigenvalue weighted by Crippen LogP contribution is -2.37. The van der Waals surface area contributed by atoms with Crippen LogP contribution in [0.15, 0.2) is 30.6 Å². The maximum atomic E-state index is 12.0. The summed E-state index contributed by atoms with van der Waals surface area (Å²) in [4.78, 5) is 12.0. The summed E-state index contributed by atoms with van der Waals surface area (Å²) in [6, 6.07) is 6.97. The Labute approximate surface area is 114 Å². The summed E-state index contributed by atoms with van der Waals surface area (Å²) >= 11 is 0. The number of tetrazole rings is 1. The number of nitrogens with two attached hydrogens (primary N) is 1. The van der Waals surface area contributed by atoms with Gasteiger partial charge in [-0.15, -0.1) is 5.10 Å². The lowest BCUT2D eigenvalue weighted by atomic mass is 10.0. The van der Waals surface area contributed by atoms with E-state index in [0.717, 1.165) is 5.69 Å². The monoisotopic (exact) mass is 274 g/mol. The molecule has 3 N–H and O–H groups in total. The van der Waals surface area contributed by atoms with Crippen LogP contribution in [0.3, 0.4) is 0 Å². The first-order valence-electron chi connectivity index (χ1n) is 6.21. The Morgan fingerprint density at radius 2 is 2.15 bits per heavy atom. The Balaban J connectivity index is 1.68. The minimum atomic E-state index is -0.297. The third-order valence-corrected chi connectivity index (χ3v) is 3.21. The summed E-state index contributed by atoms with van der Waals surface area (Å²) in [7, 11) is 0. The Hall–Kier alpha value is -2.32. The fraction of sp³-hybridized carbons (Fsp3) is 0.333. The molecule has 8 heteroatoms. The molecule has 1 saturated heterocycles. The molecule has 20 heavy (non-hydrogen) atoms. The predicted molar refractivity (Wildman–Crippen MR) is 70.1 cm³/mol. The van der Waals surface area contributed by atoms with Crippen LogP contribution in [0.25, 0.3) is 5.69 Å². The molecule has 2 aromatic rings. The van der Waals surface area contributed by atoms with E-state index >= 15 is 0 Å². The first-order valence-corrected chi connectivity index (χ1v) is 6.21. The largest absolute Gasteiger partial charge is 0.379 e. The molecule has 0 radical (unpaired) electrons. The molecule has 1 aromatic heterocycles. The van der Waals surface area contributed by atoms with Crippen LogP contribution in [-0.2, 0) is 9.53 Å². The van der Waals surface area contributed by atoms with Crippen LogP contribution >= 0.6 is 0 Å². The van der Waals surface area contributed by atoms with Gasteiger partial charge in [-0.2, -0.15) is 0 Å². The number of nitrogens with one attached hydrogen (secondary N) is 1. The highest BCUT2D eigenvalue weighted by Crippen LogP contribution is 2.16. The van der Waals surface area contributed by atoms with Gasteiger partial charge in [0.15, 0.2) is 0 Å². The van der Waals surface area contributed by atoms with Crippen LogP contribution in [0, 0.1) is 5.92 Å². The highest BCUT2D eigenvalue weighted by Gasteiger charge is 2.31. The molecule has 0 saturated carbocycles. The molecular formula is C12H14N6O2. The van der Waals surface area contributed by atoms with E-state index < -0.39 is 0 Å². The average Bonchev–Trinajstić information content (AvgIpc) is 3.10. The zero-order valence-electron chi connectivity index (χ0n) is 10.6. The number of aromatic nitrogens is 4. The smallest absolute Gasteiger partial charge is 0.231 e. The van der Waals surface area contributed by atoms with E-state index in [1.165, 1.54) is 11.0 Å². The van der Waals surface area contributed by atoms with Crippen molar-refractivity contribution in [3.05, 3.63) is 30.6 Å². The van der Waals surface area contributed by atoms with E-state index in [-0.39, 0.29) is 17.9 Å². The Morgan fingerprint density at radius 3 is 2.75 bits per heavy atom. The molecule has 2 unspecified atom stereocenters. The average molecular weight is 274 g/mol. The molecule has 104 valence electrons. The first-order chi connectivity index (χ1) is 9.74. The fourth-order valence-corrected chi connectivity index (χ4v) is 2.05. The van der Waals surface area contributed by atoms with E-state index in [1.807, 2.05) is 12.1 Å². The summed E-state index contributed by atoms with van der Waals surface area (Å²) in [6.07, 6.45) is 1.50. The number of anilines is 1. The maximum Gasteiger partial charge on any atom is 0.231 e. The zero-order valence-corrected chi connectivity index (χ0v) is 10.6. The van der Waals surface area contributed by atoms with Crippen LogP contribution in [0.4, 0.5) is 5.69 Å². The van der Waals surface area contributed by atoms with Gasteiger partial charge < -0.3 is 15.8 Å².